The van der Waals surface area contributed by atoms with Gasteiger partial charge in [0.1, 0.15) is 23.5 Å². The van der Waals surface area contributed by atoms with Crippen LogP contribution in [0.2, 0.25) is 0 Å². The minimum Gasteiger partial charge on any atom is -0.497 e. The van der Waals surface area contributed by atoms with Crippen LogP contribution < -0.4 is 4.74 Å². The highest BCUT2D eigenvalue weighted by molar-refractivity contribution is 6.09. The van der Waals surface area contributed by atoms with E-state index < -0.39 is 0 Å². The number of benzene rings is 1. The molecule has 0 bridgehead atoms. The Hall–Kier alpha value is -2.84. The van der Waals surface area contributed by atoms with Gasteiger partial charge in [-0.3, -0.25) is 0 Å². The van der Waals surface area contributed by atoms with Crippen molar-refractivity contribution in [2.24, 2.45) is 0 Å². The highest BCUT2D eigenvalue weighted by Crippen LogP contribution is 2.31. The molecule has 0 radical (unpaired) electrons. The molecule has 0 fully saturated rings. The molecular formula is C18H16NO3+. The SMILES string of the molecule is CCOC(=O)c1c(C2=CC=[C+]C=C2)[nH]c2cc(OC)ccc12. The number of aromatic amines is 1. The maximum atomic E-state index is 12.4. The maximum Gasteiger partial charge on any atom is 0.341 e. The Kier molecular flexibility index (Phi) is 3.77. The zero-order chi connectivity index (χ0) is 15.5. The molecule has 1 aliphatic carbocycles. The fourth-order valence-electron chi connectivity index (χ4n) is 2.49. The van der Waals surface area contributed by atoms with E-state index in [0.29, 0.717) is 12.2 Å². The molecule has 0 atom stereocenters. The number of allylic oxidation sites excluding steroid dienone is 6. The highest BCUT2D eigenvalue weighted by atomic mass is 16.5. The van der Waals surface area contributed by atoms with Gasteiger partial charge in [-0.2, -0.15) is 0 Å². The Bertz CT molecular complexity index is 809. The van der Waals surface area contributed by atoms with Gasteiger partial charge in [-0.15, -0.1) is 0 Å². The van der Waals surface area contributed by atoms with Gasteiger partial charge in [0.15, 0.2) is 0 Å². The Morgan fingerprint density at radius 3 is 2.91 bits per heavy atom. The molecule has 1 aromatic carbocycles. The zero-order valence-corrected chi connectivity index (χ0v) is 12.5. The summed E-state index contributed by atoms with van der Waals surface area (Å²) >= 11 is 0. The van der Waals surface area contributed by atoms with Crippen LogP contribution in [-0.2, 0) is 4.74 Å². The summed E-state index contributed by atoms with van der Waals surface area (Å²) in [6, 6.07) is 5.58. The number of hydrogen-bond donors (Lipinski definition) is 1. The van der Waals surface area contributed by atoms with Gasteiger partial charge >= 0.3 is 5.97 Å². The van der Waals surface area contributed by atoms with Crippen LogP contribution in [0.1, 0.15) is 23.0 Å². The van der Waals surface area contributed by atoms with Gasteiger partial charge in [-0.1, -0.05) is 0 Å². The molecule has 4 nitrogen and oxygen atoms in total. The first-order valence-corrected chi connectivity index (χ1v) is 7.08. The summed E-state index contributed by atoms with van der Waals surface area (Å²) in [6.45, 7) is 2.14. The maximum absolute atomic E-state index is 12.4. The van der Waals surface area contributed by atoms with Crippen LogP contribution in [0.3, 0.4) is 0 Å². The number of ether oxygens (including phenoxy) is 2. The van der Waals surface area contributed by atoms with Gasteiger partial charge in [0.25, 0.3) is 0 Å². The Morgan fingerprint density at radius 1 is 1.36 bits per heavy atom. The number of carbonyl (C=O) groups excluding carboxylic acids is 1. The number of esters is 1. The summed E-state index contributed by atoms with van der Waals surface area (Å²) in [5.41, 5.74) is 3.05. The van der Waals surface area contributed by atoms with Gasteiger partial charge in [0, 0.05) is 17.5 Å². The minimum absolute atomic E-state index is 0.332. The van der Waals surface area contributed by atoms with E-state index in [2.05, 4.69) is 11.1 Å². The second-order valence-corrected chi connectivity index (χ2v) is 4.80. The zero-order valence-electron chi connectivity index (χ0n) is 12.5. The summed E-state index contributed by atoms with van der Waals surface area (Å²) < 4.78 is 10.5. The van der Waals surface area contributed by atoms with E-state index in [-0.39, 0.29) is 5.97 Å². The topological polar surface area (TPSA) is 51.3 Å². The number of fused-ring (bicyclic) bond motifs is 1. The standard InChI is InChI=1S/C18H15NO3/c1-3-22-18(20)16-14-10-9-13(21-2)11-15(14)19-17(16)12-7-5-4-6-8-12/h5-11H,3H2,1-2H3/p+1. The van der Waals surface area contributed by atoms with E-state index in [9.17, 15) is 4.79 Å². The fourth-order valence-corrected chi connectivity index (χ4v) is 2.49. The first-order valence-electron chi connectivity index (χ1n) is 7.08. The molecule has 0 amide bonds. The molecule has 0 saturated heterocycles. The lowest BCUT2D eigenvalue weighted by molar-refractivity contribution is 0.0528. The monoisotopic (exact) mass is 294 g/mol. The third-order valence-electron chi connectivity index (χ3n) is 3.49. The molecule has 0 spiro atoms. The molecular weight excluding hydrogens is 278 g/mol. The first-order chi connectivity index (χ1) is 10.7. The number of rotatable bonds is 4. The molecule has 1 heterocycles. The average molecular weight is 294 g/mol. The van der Waals surface area contributed by atoms with Gasteiger partial charge < -0.3 is 14.5 Å². The van der Waals surface area contributed by atoms with Crippen molar-refractivity contribution in [3.05, 3.63) is 59.8 Å². The Labute approximate surface area is 128 Å². The smallest absolute Gasteiger partial charge is 0.341 e. The van der Waals surface area contributed by atoms with E-state index in [0.717, 1.165) is 27.9 Å². The van der Waals surface area contributed by atoms with Crippen molar-refractivity contribution in [1.29, 1.82) is 0 Å². The van der Waals surface area contributed by atoms with Gasteiger partial charge in [-0.05, 0) is 19.1 Å². The van der Waals surface area contributed by atoms with Gasteiger partial charge in [0.2, 0.25) is 0 Å². The lowest BCUT2D eigenvalue weighted by atomic mass is 10.0. The first kappa shape index (κ1) is 14.1. The number of carbonyl (C=O) groups is 1. The molecule has 4 heteroatoms. The van der Waals surface area contributed by atoms with Crippen molar-refractivity contribution in [2.75, 3.05) is 13.7 Å². The molecule has 1 N–H and O–H groups in total. The lowest BCUT2D eigenvalue weighted by Crippen LogP contribution is -2.06. The molecule has 1 aromatic heterocycles. The van der Waals surface area contributed by atoms with Crippen LogP contribution in [0.15, 0.2) is 42.5 Å². The molecule has 0 aliphatic heterocycles. The van der Waals surface area contributed by atoms with Crippen molar-refractivity contribution in [1.82, 2.24) is 4.98 Å². The highest BCUT2D eigenvalue weighted by Gasteiger charge is 2.23. The molecule has 0 saturated carbocycles. The average Bonchev–Trinajstić information content (AvgIpc) is 2.94. The molecule has 0 unspecified atom stereocenters. The Balaban J connectivity index is 2.22. The van der Waals surface area contributed by atoms with Crippen LogP contribution in [0.25, 0.3) is 16.5 Å². The minimum atomic E-state index is -0.332. The summed E-state index contributed by atoms with van der Waals surface area (Å²) in [5, 5.41) is 0.821. The van der Waals surface area contributed by atoms with Crippen LogP contribution in [0, 0.1) is 6.08 Å². The summed E-state index contributed by atoms with van der Waals surface area (Å²) in [7, 11) is 1.62. The van der Waals surface area contributed by atoms with E-state index in [1.165, 1.54) is 0 Å². The number of methoxy groups -OCH3 is 1. The molecule has 110 valence electrons. The van der Waals surface area contributed by atoms with Crippen molar-refractivity contribution in [2.45, 2.75) is 6.92 Å². The number of aromatic nitrogens is 1. The predicted molar refractivity (Wildman–Crippen MR) is 85.7 cm³/mol. The van der Waals surface area contributed by atoms with Crippen LogP contribution in [-0.4, -0.2) is 24.7 Å². The van der Waals surface area contributed by atoms with E-state index in [1.807, 2.05) is 42.5 Å². The third kappa shape index (κ3) is 2.41. The summed E-state index contributed by atoms with van der Waals surface area (Å²) in [4.78, 5) is 15.7. The van der Waals surface area contributed by atoms with Crippen molar-refractivity contribution < 1.29 is 14.3 Å². The fraction of sp³-hybridized carbons (Fsp3) is 0.167. The van der Waals surface area contributed by atoms with Crippen molar-refractivity contribution in [3.8, 4) is 5.75 Å². The summed E-state index contributed by atoms with van der Waals surface area (Å²) in [6.07, 6.45) is 10.4. The second kappa shape index (κ2) is 5.88. The molecule has 2 aromatic rings. The molecule has 1 aliphatic rings. The summed E-state index contributed by atoms with van der Waals surface area (Å²) in [5.74, 6) is 0.402. The van der Waals surface area contributed by atoms with Crippen LogP contribution in [0.5, 0.6) is 5.75 Å². The van der Waals surface area contributed by atoms with Gasteiger partial charge in [0.05, 0.1) is 42.6 Å². The normalized spacial score (nSPS) is 12.9. The second-order valence-electron chi connectivity index (χ2n) is 4.80. The number of hydrogen-bond acceptors (Lipinski definition) is 3. The molecule has 22 heavy (non-hydrogen) atoms. The van der Waals surface area contributed by atoms with E-state index in [1.54, 1.807) is 14.0 Å². The number of H-pyrrole nitrogens is 1. The Morgan fingerprint density at radius 2 is 2.23 bits per heavy atom. The van der Waals surface area contributed by atoms with E-state index in [4.69, 9.17) is 9.47 Å². The van der Waals surface area contributed by atoms with Crippen molar-refractivity contribution >= 4 is 22.4 Å². The molecule has 3 rings (SSSR count). The van der Waals surface area contributed by atoms with E-state index >= 15 is 0 Å². The van der Waals surface area contributed by atoms with Crippen LogP contribution >= 0.6 is 0 Å². The lowest BCUT2D eigenvalue weighted by Gasteiger charge is -2.03. The van der Waals surface area contributed by atoms with Gasteiger partial charge in [-0.25, -0.2) is 4.79 Å². The van der Waals surface area contributed by atoms with Crippen LogP contribution in [0.4, 0.5) is 0 Å². The third-order valence-corrected chi connectivity index (χ3v) is 3.49. The number of nitrogens with one attached hydrogen (secondary N) is 1. The predicted octanol–water partition coefficient (Wildman–Crippen LogP) is 3.67. The quantitative estimate of drug-likeness (QED) is 0.691. The van der Waals surface area contributed by atoms with Crippen molar-refractivity contribution in [3.63, 3.8) is 0 Å². The largest absolute Gasteiger partial charge is 0.497 e.